The largest absolute Gasteiger partial charge is 0.512 e. The van der Waals surface area contributed by atoms with E-state index in [-0.39, 0.29) is 48.3 Å². The van der Waals surface area contributed by atoms with Crippen LogP contribution in [-0.4, -0.2) is 15.9 Å². The SMILES string of the molecule is CCC(C)(CC)C(=O)/C=C(\O)C(C)(CC)CC.Cc1[c-]c(-c2nccc3cc(-c4ccccc4-c4ccccc4)c4ccc(F)cc4c23)cc(C)c1.[Ir]. The van der Waals surface area contributed by atoms with Gasteiger partial charge in [-0.3, -0.25) is 4.79 Å². The molecule has 0 saturated carbocycles. The monoisotopic (exact) mass is 885 g/mol. The fourth-order valence-electron chi connectivity index (χ4n) is 6.79. The summed E-state index contributed by atoms with van der Waals surface area (Å²) in [5.41, 5.74) is 7.86. The van der Waals surface area contributed by atoms with Crippen molar-refractivity contribution in [2.45, 2.75) is 81.1 Å². The van der Waals surface area contributed by atoms with Crippen LogP contribution >= 0.6 is 0 Å². The number of allylic oxidation sites excluding steroid dienone is 2. The minimum absolute atomic E-state index is 0. The average Bonchev–Trinajstić information content (AvgIpc) is 3.16. The molecular formula is C48H51FIrNO2-. The Morgan fingerprint density at radius 1 is 0.755 bits per heavy atom. The van der Waals surface area contributed by atoms with Gasteiger partial charge in [-0.05, 0) is 99.4 Å². The van der Waals surface area contributed by atoms with Gasteiger partial charge in [-0.2, -0.15) is 0 Å². The normalized spacial score (nSPS) is 11.9. The fourth-order valence-corrected chi connectivity index (χ4v) is 6.79. The summed E-state index contributed by atoms with van der Waals surface area (Å²) in [5.74, 6) is 0.0280. The van der Waals surface area contributed by atoms with Crippen molar-refractivity contribution in [1.29, 1.82) is 0 Å². The zero-order valence-corrected chi connectivity index (χ0v) is 34.6. The first kappa shape index (κ1) is 41.3. The van der Waals surface area contributed by atoms with Gasteiger partial charge < -0.3 is 10.1 Å². The third-order valence-corrected chi connectivity index (χ3v) is 11.1. The number of benzene rings is 5. The van der Waals surface area contributed by atoms with Gasteiger partial charge in [0.25, 0.3) is 0 Å². The molecule has 0 aliphatic rings. The number of nitrogens with zero attached hydrogens (tertiary/aromatic N) is 1. The van der Waals surface area contributed by atoms with Gasteiger partial charge >= 0.3 is 0 Å². The molecule has 0 spiro atoms. The predicted octanol–water partition coefficient (Wildman–Crippen LogP) is 13.6. The molecule has 6 aromatic rings. The molecular weight excluding hydrogens is 834 g/mol. The molecule has 0 bridgehead atoms. The molecule has 6 rings (SSSR count). The van der Waals surface area contributed by atoms with E-state index in [0.717, 1.165) is 91.9 Å². The Morgan fingerprint density at radius 2 is 1.38 bits per heavy atom. The van der Waals surface area contributed by atoms with Gasteiger partial charge in [0.2, 0.25) is 0 Å². The number of aliphatic hydroxyl groups is 1. The van der Waals surface area contributed by atoms with Gasteiger partial charge in [-0.15, -0.1) is 34.9 Å². The molecule has 1 aromatic heterocycles. The second-order valence-corrected chi connectivity index (χ2v) is 14.5. The van der Waals surface area contributed by atoms with Crippen LogP contribution in [0.15, 0.2) is 115 Å². The van der Waals surface area contributed by atoms with Crippen LogP contribution < -0.4 is 0 Å². The van der Waals surface area contributed by atoms with Crippen LogP contribution in [0.25, 0.3) is 55.1 Å². The number of rotatable bonds is 10. The van der Waals surface area contributed by atoms with Crippen LogP contribution in [0.3, 0.4) is 0 Å². The van der Waals surface area contributed by atoms with E-state index < -0.39 is 0 Å². The Morgan fingerprint density at radius 3 is 2.00 bits per heavy atom. The molecule has 5 aromatic carbocycles. The van der Waals surface area contributed by atoms with Crippen molar-refractivity contribution in [3.05, 3.63) is 138 Å². The number of carbonyl (C=O) groups excluding carboxylic acids is 1. The average molecular weight is 885 g/mol. The maximum atomic E-state index is 14.7. The molecule has 0 aliphatic heterocycles. The number of ketones is 1. The molecule has 0 aliphatic carbocycles. The Hall–Kier alpha value is -4.44. The van der Waals surface area contributed by atoms with Gasteiger partial charge in [-0.1, -0.05) is 116 Å². The summed E-state index contributed by atoms with van der Waals surface area (Å²) in [5, 5.41) is 14.0. The van der Waals surface area contributed by atoms with Crippen LogP contribution in [0.5, 0.6) is 0 Å². The van der Waals surface area contributed by atoms with E-state index in [9.17, 15) is 14.3 Å². The number of hydrogen-bond donors (Lipinski definition) is 1. The van der Waals surface area contributed by atoms with Gasteiger partial charge in [-0.25, -0.2) is 4.39 Å². The summed E-state index contributed by atoms with van der Waals surface area (Å²) in [6.45, 7) is 16.2. The molecule has 0 unspecified atom stereocenters. The number of aromatic nitrogens is 1. The zero-order valence-electron chi connectivity index (χ0n) is 32.2. The summed E-state index contributed by atoms with van der Waals surface area (Å²) in [4.78, 5) is 16.9. The summed E-state index contributed by atoms with van der Waals surface area (Å²) in [6, 6.07) is 35.8. The minimum Gasteiger partial charge on any atom is -0.512 e. The Bertz CT molecular complexity index is 2210. The predicted molar refractivity (Wildman–Crippen MR) is 217 cm³/mol. The van der Waals surface area contributed by atoms with E-state index in [1.54, 1.807) is 12.1 Å². The number of hydrogen-bond acceptors (Lipinski definition) is 3. The van der Waals surface area contributed by atoms with Gasteiger partial charge in [0.1, 0.15) is 11.6 Å². The molecule has 0 saturated heterocycles. The standard InChI is InChI=1S/C33H23FN.C15H28O2.Ir/c1-21-16-22(2)18-25(17-21)33-32-24(14-15-35-33)19-30(29-13-12-26(34)20-31(29)32)28-11-7-6-10-27(28)23-8-4-3-5-9-23;1-7-14(5,8-2)12(16)11-13(17)15(6,9-3)10-4;/h3-17,19-20H,1-2H3;11,16H,7-10H2,1-6H3;/q-1;;/b;12-11-;. The zero-order chi connectivity index (χ0) is 37.6. The van der Waals surface area contributed by atoms with E-state index in [0.29, 0.717) is 0 Å². The summed E-state index contributed by atoms with van der Waals surface area (Å²) in [6.07, 6.45) is 6.59. The first-order valence-electron chi connectivity index (χ1n) is 18.5. The summed E-state index contributed by atoms with van der Waals surface area (Å²) < 4.78 is 14.7. The number of pyridine rings is 1. The molecule has 0 atom stereocenters. The van der Waals surface area contributed by atoms with E-state index in [1.807, 2.05) is 72.9 Å². The van der Waals surface area contributed by atoms with E-state index >= 15 is 0 Å². The van der Waals surface area contributed by atoms with Crippen LogP contribution in [0.2, 0.25) is 0 Å². The van der Waals surface area contributed by atoms with Crippen LogP contribution in [0.4, 0.5) is 4.39 Å². The van der Waals surface area contributed by atoms with Crippen LogP contribution in [-0.2, 0) is 24.9 Å². The van der Waals surface area contributed by atoms with Gasteiger partial charge in [0.15, 0.2) is 5.78 Å². The molecule has 1 radical (unpaired) electrons. The van der Waals surface area contributed by atoms with Crippen molar-refractivity contribution in [3.63, 3.8) is 0 Å². The number of halogens is 1. The molecule has 1 heterocycles. The van der Waals surface area contributed by atoms with E-state index in [4.69, 9.17) is 4.98 Å². The molecule has 3 nitrogen and oxygen atoms in total. The van der Waals surface area contributed by atoms with E-state index in [2.05, 4.69) is 79.7 Å². The molecule has 53 heavy (non-hydrogen) atoms. The Kier molecular flexibility index (Phi) is 13.7. The van der Waals surface area contributed by atoms with Crippen molar-refractivity contribution in [1.82, 2.24) is 4.98 Å². The van der Waals surface area contributed by atoms with Crippen molar-refractivity contribution in [2.75, 3.05) is 0 Å². The third-order valence-electron chi connectivity index (χ3n) is 11.1. The summed E-state index contributed by atoms with van der Waals surface area (Å²) in [7, 11) is 0. The number of aliphatic hydroxyl groups excluding tert-OH is 1. The first-order chi connectivity index (χ1) is 24.9. The minimum atomic E-state index is -0.337. The topological polar surface area (TPSA) is 50.2 Å². The number of aryl methyl sites for hydroxylation is 2. The second kappa shape index (κ2) is 17.6. The molecule has 1 N–H and O–H groups in total. The van der Waals surface area contributed by atoms with Gasteiger partial charge in [0.05, 0.1) is 0 Å². The Labute approximate surface area is 328 Å². The van der Waals surface area contributed by atoms with E-state index in [1.165, 1.54) is 6.08 Å². The fraction of sp³-hybridized carbons (Fsp3) is 0.292. The third kappa shape index (κ3) is 8.86. The number of carbonyl (C=O) groups is 1. The molecule has 0 fully saturated rings. The van der Waals surface area contributed by atoms with Crippen molar-refractivity contribution in [2.24, 2.45) is 10.8 Å². The van der Waals surface area contributed by atoms with Crippen molar-refractivity contribution in [3.8, 4) is 33.5 Å². The number of fused-ring (bicyclic) bond motifs is 3. The van der Waals surface area contributed by atoms with Crippen LogP contribution in [0.1, 0.15) is 78.4 Å². The molecule has 5 heteroatoms. The maximum Gasteiger partial charge on any atom is 0.164 e. The smallest absolute Gasteiger partial charge is 0.164 e. The van der Waals surface area contributed by atoms with Gasteiger partial charge in [0, 0.05) is 43.2 Å². The molecule has 277 valence electrons. The molecule has 0 amide bonds. The maximum absolute atomic E-state index is 14.7. The van der Waals surface area contributed by atoms with Crippen molar-refractivity contribution < 1.29 is 34.4 Å². The summed E-state index contributed by atoms with van der Waals surface area (Å²) >= 11 is 0. The first-order valence-corrected chi connectivity index (χ1v) is 18.5. The second-order valence-electron chi connectivity index (χ2n) is 14.5. The van der Waals surface area contributed by atoms with Crippen molar-refractivity contribution >= 4 is 27.3 Å². The quantitative estimate of drug-likeness (QED) is 0.0645. The Balaban J connectivity index is 0.000000299. The van der Waals surface area contributed by atoms with Crippen LogP contribution in [0, 0.1) is 36.6 Å².